The Kier molecular flexibility index (Phi) is 4.64. The third-order valence-corrected chi connectivity index (χ3v) is 4.13. The quantitative estimate of drug-likeness (QED) is 0.847. The van der Waals surface area contributed by atoms with Gasteiger partial charge < -0.3 is 10.6 Å². The molecule has 1 aromatic heterocycles. The average Bonchev–Trinajstić information content (AvgIpc) is 2.83. The lowest BCUT2D eigenvalue weighted by Gasteiger charge is -2.17. The van der Waals surface area contributed by atoms with Gasteiger partial charge in [-0.25, -0.2) is 0 Å². The molecule has 2 aromatic rings. The molecule has 2 N–H and O–H groups in total. The average molecular weight is 281 g/mol. The molecular weight excluding hydrogens is 264 g/mol. The van der Waals surface area contributed by atoms with Crippen molar-refractivity contribution in [2.45, 2.75) is 13.0 Å². The lowest BCUT2D eigenvalue weighted by molar-refractivity contribution is 0.332. The van der Waals surface area contributed by atoms with Gasteiger partial charge in [-0.05, 0) is 42.6 Å². The summed E-state index contributed by atoms with van der Waals surface area (Å²) >= 11 is 7.98. The van der Waals surface area contributed by atoms with Gasteiger partial charge in [0.25, 0.3) is 0 Å². The molecule has 2 nitrogen and oxygen atoms in total. The molecule has 0 radical (unpaired) electrons. The highest BCUT2D eigenvalue weighted by Gasteiger charge is 2.05. The Morgan fingerprint density at radius 2 is 2.17 bits per heavy atom. The van der Waals surface area contributed by atoms with Crippen molar-refractivity contribution in [3.05, 3.63) is 51.2 Å². The van der Waals surface area contributed by atoms with Crippen molar-refractivity contribution >= 4 is 28.6 Å². The van der Waals surface area contributed by atoms with Crippen molar-refractivity contribution in [2.75, 3.05) is 19.3 Å². The number of hydrogen-bond donors (Lipinski definition) is 1. The Hall–Kier alpha value is -1.03. The van der Waals surface area contributed by atoms with Crippen LogP contribution in [0.15, 0.2) is 35.7 Å². The number of anilines is 1. The first-order chi connectivity index (χ1) is 8.65. The Morgan fingerprint density at radius 3 is 2.83 bits per heavy atom. The molecule has 0 saturated heterocycles. The molecule has 0 aliphatic rings. The molecule has 0 aliphatic heterocycles. The molecule has 4 heteroatoms. The van der Waals surface area contributed by atoms with Crippen molar-refractivity contribution < 1.29 is 0 Å². The summed E-state index contributed by atoms with van der Waals surface area (Å²) in [6.45, 7) is 1.88. The van der Waals surface area contributed by atoms with Crippen LogP contribution < -0.4 is 5.73 Å². The topological polar surface area (TPSA) is 29.3 Å². The molecule has 0 saturated carbocycles. The Balaban J connectivity index is 1.88. The van der Waals surface area contributed by atoms with Crippen LogP contribution in [0.2, 0.25) is 5.02 Å². The summed E-state index contributed by atoms with van der Waals surface area (Å²) in [5.74, 6) is 0. The summed E-state index contributed by atoms with van der Waals surface area (Å²) in [6.07, 6.45) is 1.08. The largest absolute Gasteiger partial charge is 0.399 e. The number of halogens is 1. The number of likely N-dealkylation sites (N-methyl/N-ethyl adjacent to an activating group) is 1. The second kappa shape index (κ2) is 6.23. The Labute approximate surface area is 117 Å². The van der Waals surface area contributed by atoms with E-state index in [-0.39, 0.29) is 0 Å². The standard InChI is InChI=1S/C14H17ClN2S/c1-17(7-6-13-3-2-8-18-13)10-11-4-5-12(16)9-14(11)15/h2-5,8-9H,6-7,10,16H2,1H3. The van der Waals surface area contributed by atoms with Crippen LogP contribution in [0, 0.1) is 0 Å². The molecule has 0 amide bonds. The van der Waals surface area contributed by atoms with Crippen molar-refractivity contribution in [2.24, 2.45) is 0 Å². The van der Waals surface area contributed by atoms with Crippen LogP contribution in [0.5, 0.6) is 0 Å². The predicted molar refractivity (Wildman–Crippen MR) is 80.2 cm³/mol. The number of nitrogen functional groups attached to an aromatic ring is 1. The fourth-order valence-corrected chi connectivity index (χ4v) is 2.76. The van der Waals surface area contributed by atoms with E-state index in [9.17, 15) is 0 Å². The minimum Gasteiger partial charge on any atom is -0.399 e. The van der Waals surface area contributed by atoms with E-state index in [4.69, 9.17) is 17.3 Å². The summed E-state index contributed by atoms with van der Waals surface area (Å²) in [4.78, 5) is 3.70. The molecule has 0 unspecified atom stereocenters. The highest BCUT2D eigenvalue weighted by molar-refractivity contribution is 7.09. The minimum absolute atomic E-state index is 0.713. The second-order valence-corrected chi connectivity index (χ2v) is 5.86. The van der Waals surface area contributed by atoms with Crippen molar-refractivity contribution in [1.82, 2.24) is 4.90 Å². The predicted octanol–water partition coefficient (Wildman–Crippen LogP) is 3.66. The number of rotatable bonds is 5. The number of hydrogen-bond acceptors (Lipinski definition) is 3. The van der Waals surface area contributed by atoms with Crippen LogP contribution in [-0.4, -0.2) is 18.5 Å². The van der Waals surface area contributed by atoms with Gasteiger partial charge in [0.2, 0.25) is 0 Å². The molecule has 0 atom stereocenters. The van der Waals surface area contributed by atoms with Crippen LogP contribution in [0.4, 0.5) is 5.69 Å². The van der Waals surface area contributed by atoms with Gasteiger partial charge in [0.1, 0.15) is 0 Å². The maximum absolute atomic E-state index is 6.17. The number of nitrogens with zero attached hydrogens (tertiary/aromatic N) is 1. The van der Waals surface area contributed by atoms with E-state index < -0.39 is 0 Å². The van der Waals surface area contributed by atoms with Gasteiger partial charge >= 0.3 is 0 Å². The van der Waals surface area contributed by atoms with E-state index >= 15 is 0 Å². The van der Waals surface area contributed by atoms with E-state index in [1.807, 2.05) is 29.5 Å². The summed E-state index contributed by atoms with van der Waals surface area (Å²) in [7, 11) is 2.11. The third-order valence-electron chi connectivity index (χ3n) is 2.84. The zero-order valence-electron chi connectivity index (χ0n) is 10.4. The van der Waals surface area contributed by atoms with Crippen molar-refractivity contribution in [3.63, 3.8) is 0 Å². The second-order valence-electron chi connectivity index (χ2n) is 4.42. The molecular formula is C14H17ClN2S. The van der Waals surface area contributed by atoms with Crippen LogP contribution in [0.25, 0.3) is 0 Å². The molecule has 18 heavy (non-hydrogen) atoms. The SMILES string of the molecule is CN(CCc1cccs1)Cc1ccc(N)cc1Cl. The molecule has 0 spiro atoms. The molecule has 0 bridgehead atoms. The maximum Gasteiger partial charge on any atom is 0.0471 e. The lowest BCUT2D eigenvalue weighted by atomic mass is 10.2. The highest BCUT2D eigenvalue weighted by Crippen LogP contribution is 2.20. The van der Waals surface area contributed by atoms with Gasteiger partial charge in [0.05, 0.1) is 0 Å². The summed E-state index contributed by atoms with van der Waals surface area (Å²) in [5.41, 5.74) is 7.52. The molecule has 1 aromatic carbocycles. The molecule has 96 valence electrons. The van der Waals surface area contributed by atoms with Crippen molar-refractivity contribution in [1.29, 1.82) is 0 Å². The van der Waals surface area contributed by atoms with Crippen LogP contribution >= 0.6 is 22.9 Å². The molecule has 0 aliphatic carbocycles. The first kappa shape index (κ1) is 13.4. The monoisotopic (exact) mass is 280 g/mol. The number of nitrogens with two attached hydrogens (primary N) is 1. The number of thiophene rings is 1. The zero-order chi connectivity index (χ0) is 13.0. The summed E-state index contributed by atoms with van der Waals surface area (Å²) in [5, 5.41) is 2.87. The molecule has 1 heterocycles. The van der Waals surface area contributed by atoms with E-state index in [2.05, 4.69) is 29.5 Å². The summed E-state index contributed by atoms with van der Waals surface area (Å²) in [6, 6.07) is 9.98. The Bertz CT molecular complexity index is 497. The van der Waals surface area contributed by atoms with Gasteiger partial charge in [0.15, 0.2) is 0 Å². The smallest absolute Gasteiger partial charge is 0.0471 e. The van der Waals surface area contributed by atoms with Gasteiger partial charge in [-0.2, -0.15) is 0 Å². The Morgan fingerprint density at radius 1 is 1.33 bits per heavy atom. The van der Waals surface area contributed by atoms with Crippen LogP contribution in [-0.2, 0) is 13.0 Å². The third kappa shape index (κ3) is 3.73. The molecule has 2 rings (SSSR count). The van der Waals surface area contributed by atoms with Gasteiger partial charge in [-0.15, -0.1) is 11.3 Å². The maximum atomic E-state index is 6.17. The number of benzene rings is 1. The van der Waals surface area contributed by atoms with Crippen molar-refractivity contribution in [3.8, 4) is 0 Å². The van der Waals surface area contributed by atoms with E-state index in [1.54, 1.807) is 0 Å². The van der Waals surface area contributed by atoms with E-state index in [0.29, 0.717) is 5.69 Å². The first-order valence-electron chi connectivity index (χ1n) is 5.90. The van der Waals surface area contributed by atoms with Gasteiger partial charge in [-0.3, -0.25) is 0 Å². The zero-order valence-corrected chi connectivity index (χ0v) is 12.0. The normalized spacial score (nSPS) is 11.1. The van der Waals surface area contributed by atoms with Crippen LogP contribution in [0.3, 0.4) is 0 Å². The van der Waals surface area contributed by atoms with Gasteiger partial charge in [-0.1, -0.05) is 23.7 Å². The molecule has 0 fully saturated rings. The fraction of sp³-hybridized carbons (Fsp3) is 0.286. The first-order valence-corrected chi connectivity index (χ1v) is 7.16. The van der Waals surface area contributed by atoms with Crippen LogP contribution in [0.1, 0.15) is 10.4 Å². The fourth-order valence-electron chi connectivity index (χ4n) is 1.82. The van der Waals surface area contributed by atoms with E-state index in [1.165, 1.54) is 4.88 Å². The highest BCUT2D eigenvalue weighted by atomic mass is 35.5. The summed E-state index contributed by atoms with van der Waals surface area (Å²) < 4.78 is 0. The van der Waals surface area contributed by atoms with Gasteiger partial charge in [0, 0.05) is 28.7 Å². The lowest BCUT2D eigenvalue weighted by Crippen LogP contribution is -2.20. The van der Waals surface area contributed by atoms with E-state index in [0.717, 1.165) is 30.1 Å². The minimum atomic E-state index is 0.713.